The summed E-state index contributed by atoms with van der Waals surface area (Å²) in [5.41, 5.74) is 0.866. The minimum atomic E-state index is -0.981. The summed E-state index contributed by atoms with van der Waals surface area (Å²) in [5.74, 6) is -3.46. The van der Waals surface area contributed by atoms with Gasteiger partial charge < -0.3 is 20.4 Å². The molecule has 0 aromatic heterocycles. The molecular formula is C25H42O8. The van der Waals surface area contributed by atoms with E-state index in [4.69, 9.17) is 20.4 Å². The summed E-state index contributed by atoms with van der Waals surface area (Å²) in [6, 6.07) is 0. The largest absolute Gasteiger partial charge is 0.478 e. The highest BCUT2D eigenvalue weighted by Gasteiger charge is 2.15. The van der Waals surface area contributed by atoms with Gasteiger partial charge in [0.2, 0.25) is 0 Å². The van der Waals surface area contributed by atoms with E-state index in [-0.39, 0.29) is 11.5 Å². The topological polar surface area (TPSA) is 149 Å². The van der Waals surface area contributed by atoms with Crippen molar-refractivity contribution in [2.45, 2.75) is 79.1 Å². The third-order valence-corrected chi connectivity index (χ3v) is 4.09. The molecule has 33 heavy (non-hydrogen) atoms. The monoisotopic (exact) mass is 470 g/mol. The van der Waals surface area contributed by atoms with Crippen LogP contribution in [0.5, 0.6) is 0 Å². The van der Waals surface area contributed by atoms with Crippen molar-refractivity contribution < 1.29 is 39.6 Å². The van der Waals surface area contributed by atoms with Gasteiger partial charge in [-0.3, -0.25) is 0 Å². The zero-order chi connectivity index (χ0) is 27.0. The van der Waals surface area contributed by atoms with E-state index in [1.165, 1.54) is 19.8 Å². The molecule has 8 nitrogen and oxygen atoms in total. The van der Waals surface area contributed by atoms with E-state index in [9.17, 15) is 19.2 Å². The summed E-state index contributed by atoms with van der Waals surface area (Å²) in [6.07, 6.45) is 8.72. The highest BCUT2D eigenvalue weighted by atomic mass is 16.4. The van der Waals surface area contributed by atoms with Crippen molar-refractivity contribution in [3.63, 3.8) is 0 Å². The quantitative estimate of drug-likeness (QED) is 0.190. The van der Waals surface area contributed by atoms with Gasteiger partial charge in [-0.1, -0.05) is 72.8 Å². The molecule has 0 saturated carbocycles. The average molecular weight is 471 g/mol. The van der Waals surface area contributed by atoms with Crippen molar-refractivity contribution >= 4 is 23.9 Å². The van der Waals surface area contributed by atoms with Gasteiger partial charge in [-0.2, -0.15) is 0 Å². The Hall–Kier alpha value is -3.16. The normalized spacial score (nSPS) is 9.70. The van der Waals surface area contributed by atoms with Crippen molar-refractivity contribution in [3.05, 3.63) is 49.1 Å². The van der Waals surface area contributed by atoms with Crippen molar-refractivity contribution in [1.29, 1.82) is 0 Å². The van der Waals surface area contributed by atoms with Gasteiger partial charge >= 0.3 is 23.9 Å². The zero-order valence-electron chi connectivity index (χ0n) is 20.6. The second-order valence-corrected chi connectivity index (χ2v) is 7.07. The minimum absolute atomic E-state index is 0.170. The first-order valence-corrected chi connectivity index (χ1v) is 10.8. The van der Waals surface area contributed by atoms with Gasteiger partial charge in [0.05, 0.1) is 0 Å². The highest BCUT2D eigenvalue weighted by Crippen LogP contribution is 2.20. The Kier molecular flexibility index (Phi) is 28.3. The summed E-state index contributed by atoms with van der Waals surface area (Å²) in [4.78, 5) is 39.6. The maximum Gasteiger partial charge on any atom is 0.331 e. The summed E-state index contributed by atoms with van der Waals surface area (Å²) in [5, 5.41) is 32.5. The van der Waals surface area contributed by atoms with Gasteiger partial charge in [-0.25, -0.2) is 19.2 Å². The fraction of sp³-hybridized carbons (Fsp3) is 0.520. The Labute approximate surface area is 198 Å². The fourth-order valence-corrected chi connectivity index (χ4v) is 1.94. The Balaban J connectivity index is -0.000000183. The molecule has 8 heteroatoms. The van der Waals surface area contributed by atoms with E-state index in [1.54, 1.807) is 0 Å². The van der Waals surface area contributed by atoms with Gasteiger partial charge in [0.25, 0.3) is 0 Å². The van der Waals surface area contributed by atoms with Gasteiger partial charge in [0.15, 0.2) is 0 Å². The summed E-state index contributed by atoms with van der Waals surface area (Å²) in [6.45, 7) is 20.7. The number of hydrogen-bond acceptors (Lipinski definition) is 4. The Morgan fingerprint density at radius 2 is 1.21 bits per heavy atom. The van der Waals surface area contributed by atoms with Crippen molar-refractivity contribution in [2.75, 3.05) is 0 Å². The summed E-state index contributed by atoms with van der Waals surface area (Å²) < 4.78 is 0. The molecule has 0 aromatic carbocycles. The first-order valence-electron chi connectivity index (χ1n) is 10.8. The molecule has 0 heterocycles. The molecule has 0 fully saturated rings. The molecule has 0 aliphatic heterocycles. The van der Waals surface area contributed by atoms with Crippen LogP contribution in [-0.2, 0) is 19.2 Å². The molecule has 0 saturated heterocycles. The smallest absolute Gasteiger partial charge is 0.331 e. The predicted molar refractivity (Wildman–Crippen MR) is 131 cm³/mol. The molecule has 4 N–H and O–H groups in total. The zero-order valence-corrected chi connectivity index (χ0v) is 20.6. The number of unbranched alkanes of at least 4 members (excludes halogenated alkanes) is 3. The molecule has 1 unspecified atom stereocenters. The maximum absolute atomic E-state index is 10.6. The third kappa shape index (κ3) is 31.1. The third-order valence-electron chi connectivity index (χ3n) is 4.09. The predicted octanol–water partition coefficient (Wildman–Crippen LogP) is 5.96. The van der Waals surface area contributed by atoms with E-state index < -0.39 is 23.9 Å². The average Bonchev–Trinajstić information content (AvgIpc) is 2.75. The summed E-state index contributed by atoms with van der Waals surface area (Å²) >= 11 is 0. The van der Waals surface area contributed by atoms with Gasteiger partial charge in [-0.15, -0.1) is 0 Å². The molecule has 0 spiro atoms. The SMILES string of the molecule is C=C(C(=O)O)C(CC)CCCCC.C=C(C)C(=O)O.C=C(CCCC)C(=O)O.C=CC(=O)O. The lowest BCUT2D eigenvalue weighted by molar-refractivity contribution is -0.134. The fourth-order valence-electron chi connectivity index (χ4n) is 1.94. The second kappa shape index (κ2) is 25.1. The first-order chi connectivity index (χ1) is 15.2. The van der Waals surface area contributed by atoms with Gasteiger partial charge in [0.1, 0.15) is 0 Å². The van der Waals surface area contributed by atoms with E-state index in [0.717, 1.165) is 38.2 Å². The van der Waals surface area contributed by atoms with Crippen LogP contribution in [0, 0.1) is 5.92 Å². The number of hydrogen-bond donors (Lipinski definition) is 4. The van der Waals surface area contributed by atoms with Crippen LogP contribution in [0.25, 0.3) is 0 Å². The molecule has 0 aliphatic rings. The molecular weight excluding hydrogens is 428 g/mol. The van der Waals surface area contributed by atoms with Crippen LogP contribution in [-0.4, -0.2) is 44.3 Å². The number of aliphatic carboxylic acids is 4. The number of rotatable bonds is 13. The number of carbonyl (C=O) groups is 4. The lowest BCUT2D eigenvalue weighted by atomic mass is 9.92. The van der Waals surface area contributed by atoms with Crippen molar-refractivity contribution in [2.24, 2.45) is 5.92 Å². The molecule has 0 aliphatic carbocycles. The number of carboxylic acids is 4. The van der Waals surface area contributed by atoms with Crippen LogP contribution < -0.4 is 0 Å². The number of carboxylic acid groups (broad SMARTS) is 4. The van der Waals surface area contributed by atoms with Crippen molar-refractivity contribution in [1.82, 2.24) is 0 Å². The highest BCUT2D eigenvalue weighted by molar-refractivity contribution is 5.86. The molecule has 0 amide bonds. The molecule has 1 atom stereocenters. The Morgan fingerprint density at radius 1 is 0.788 bits per heavy atom. The van der Waals surface area contributed by atoms with Gasteiger partial charge in [-0.05, 0) is 38.5 Å². The van der Waals surface area contributed by atoms with Crippen molar-refractivity contribution in [3.8, 4) is 0 Å². The van der Waals surface area contributed by atoms with Gasteiger partial charge in [0, 0.05) is 22.8 Å². The lowest BCUT2D eigenvalue weighted by Gasteiger charge is -2.13. The molecule has 0 bridgehead atoms. The molecule has 0 radical (unpaired) electrons. The van der Waals surface area contributed by atoms with Crippen LogP contribution >= 0.6 is 0 Å². The van der Waals surface area contributed by atoms with Crippen LogP contribution in [0.15, 0.2) is 49.1 Å². The van der Waals surface area contributed by atoms with E-state index >= 15 is 0 Å². The van der Waals surface area contributed by atoms with Crippen LogP contribution in [0.3, 0.4) is 0 Å². The standard InChI is InChI=1S/C11H20O2.C7H12O2.C4H6O2.C3H4O2/c1-4-6-7-8-10(5-2)9(3)11(12)13;1-3-4-5-6(2)7(8)9;1-3(2)4(5)6;1-2-3(4)5/h10H,3-8H2,1-2H3,(H,12,13);2-5H2,1H3,(H,8,9);1H2,2H3,(H,5,6);2H,1H2,(H,4,5). The van der Waals surface area contributed by atoms with Crippen LogP contribution in [0.2, 0.25) is 0 Å². The molecule has 0 aromatic rings. The lowest BCUT2D eigenvalue weighted by Crippen LogP contribution is -2.10. The molecule has 190 valence electrons. The van der Waals surface area contributed by atoms with Crippen LogP contribution in [0.1, 0.15) is 79.1 Å². The minimum Gasteiger partial charge on any atom is -0.478 e. The van der Waals surface area contributed by atoms with E-state index in [2.05, 4.69) is 33.2 Å². The second-order valence-electron chi connectivity index (χ2n) is 7.07. The maximum atomic E-state index is 10.6. The molecule has 0 rings (SSSR count). The Morgan fingerprint density at radius 3 is 1.45 bits per heavy atom. The Bertz CT molecular complexity index is 635. The summed E-state index contributed by atoms with van der Waals surface area (Å²) in [7, 11) is 0. The van der Waals surface area contributed by atoms with E-state index in [1.807, 2.05) is 13.8 Å². The first kappa shape index (κ1) is 37.2. The van der Waals surface area contributed by atoms with E-state index in [0.29, 0.717) is 17.6 Å². The van der Waals surface area contributed by atoms with Crippen LogP contribution in [0.4, 0.5) is 0 Å².